The van der Waals surface area contributed by atoms with E-state index in [2.05, 4.69) is 49.4 Å². The molecule has 1 unspecified atom stereocenters. The van der Waals surface area contributed by atoms with Crippen molar-refractivity contribution >= 4 is 10.9 Å². The lowest BCUT2D eigenvalue weighted by Gasteiger charge is -2.13. The molecule has 2 aromatic rings. The highest BCUT2D eigenvalue weighted by Gasteiger charge is 2.22. The molecule has 24 heavy (non-hydrogen) atoms. The van der Waals surface area contributed by atoms with Gasteiger partial charge in [0, 0.05) is 49.9 Å². The SMILES string of the molecule is CCOCCN1Cc2cc3c(CC(C)CN)c(C)n(C)c3cc2C1. The van der Waals surface area contributed by atoms with Crippen molar-refractivity contribution in [1.29, 1.82) is 0 Å². The van der Waals surface area contributed by atoms with Gasteiger partial charge in [-0.3, -0.25) is 4.90 Å². The molecule has 0 saturated carbocycles. The number of ether oxygens (including phenoxy) is 1. The van der Waals surface area contributed by atoms with E-state index in [1.807, 2.05) is 0 Å². The summed E-state index contributed by atoms with van der Waals surface area (Å²) in [5, 5.41) is 1.42. The standard InChI is InChI=1S/C20H31N3O/c1-5-24-7-6-23-12-16-9-19-18(8-14(2)11-21)15(3)22(4)20(19)10-17(16)13-23/h9-10,14H,5-8,11-13,21H2,1-4H3. The summed E-state index contributed by atoms with van der Waals surface area (Å²) in [6.07, 6.45) is 1.06. The Morgan fingerprint density at radius 1 is 1.25 bits per heavy atom. The molecule has 0 amide bonds. The molecule has 2 heterocycles. The van der Waals surface area contributed by atoms with Crippen LogP contribution in [-0.4, -0.2) is 35.8 Å². The fraction of sp³-hybridized carbons (Fsp3) is 0.600. The molecular formula is C20H31N3O. The van der Waals surface area contributed by atoms with E-state index < -0.39 is 0 Å². The minimum absolute atomic E-state index is 0.519. The van der Waals surface area contributed by atoms with Gasteiger partial charge in [0.25, 0.3) is 0 Å². The van der Waals surface area contributed by atoms with Gasteiger partial charge in [-0.2, -0.15) is 0 Å². The average Bonchev–Trinajstić information content (AvgIpc) is 3.07. The zero-order valence-corrected chi connectivity index (χ0v) is 15.6. The lowest BCUT2D eigenvalue weighted by atomic mass is 9.97. The summed E-state index contributed by atoms with van der Waals surface area (Å²) >= 11 is 0. The number of rotatable bonds is 7. The Morgan fingerprint density at radius 2 is 1.96 bits per heavy atom. The van der Waals surface area contributed by atoms with Crippen molar-refractivity contribution in [2.24, 2.45) is 18.7 Å². The molecule has 0 saturated heterocycles. The van der Waals surface area contributed by atoms with Crippen LogP contribution in [0.1, 0.15) is 36.2 Å². The maximum absolute atomic E-state index is 5.86. The summed E-state index contributed by atoms with van der Waals surface area (Å²) in [4.78, 5) is 2.48. The van der Waals surface area contributed by atoms with Gasteiger partial charge in [0.05, 0.1) is 6.61 Å². The number of aryl methyl sites for hydroxylation is 1. The van der Waals surface area contributed by atoms with E-state index >= 15 is 0 Å². The number of aromatic nitrogens is 1. The van der Waals surface area contributed by atoms with Crippen LogP contribution in [0.15, 0.2) is 12.1 Å². The van der Waals surface area contributed by atoms with Crippen LogP contribution in [0.25, 0.3) is 10.9 Å². The van der Waals surface area contributed by atoms with E-state index in [0.29, 0.717) is 5.92 Å². The van der Waals surface area contributed by atoms with Crippen molar-refractivity contribution in [2.45, 2.75) is 40.3 Å². The molecular weight excluding hydrogens is 298 g/mol. The molecule has 1 aliphatic rings. The zero-order chi connectivity index (χ0) is 17.3. The zero-order valence-electron chi connectivity index (χ0n) is 15.6. The van der Waals surface area contributed by atoms with Crippen molar-refractivity contribution in [3.63, 3.8) is 0 Å². The average molecular weight is 329 g/mol. The Morgan fingerprint density at radius 3 is 2.62 bits per heavy atom. The normalized spacial score (nSPS) is 16.0. The second-order valence-corrected chi connectivity index (χ2v) is 7.21. The van der Waals surface area contributed by atoms with E-state index in [-0.39, 0.29) is 0 Å². The maximum atomic E-state index is 5.86. The van der Waals surface area contributed by atoms with E-state index in [1.165, 1.54) is 33.3 Å². The Labute approximate surface area is 145 Å². The minimum atomic E-state index is 0.519. The first-order valence-corrected chi connectivity index (χ1v) is 9.15. The number of fused-ring (bicyclic) bond motifs is 2. The van der Waals surface area contributed by atoms with Crippen molar-refractivity contribution in [2.75, 3.05) is 26.3 Å². The highest BCUT2D eigenvalue weighted by atomic mass is 16.5. The Bertz CT molecular complexity index is 719. The molecule has 1 atom stereocenters. The van der Waals surface area contributed by atoms with Gasteiger partial charge in [-0.05, 0) is 61.6 Å². The molecule has 4 nitrogen and oxygen atoms in total. The van der Waals surface area contributed by atoms with E-state index in [9.17, 15) is 0 Å². The summed E-state index contributed by atoms with van der Waals surface area (Å²) in [6.45, 7) is 12.0. The van der Waals surface area contributed by atoms with Gasteiger partial charge in [-0.25, -0.2) is 0 Å². The Kier molecular flexibility index (Phi) is 5.28. The molecule has 3 rings (SSSR count). The predicted molar refractivity (Wildman–Crippen MR) is 100 cm³/mol. The summed E-state index contributed by atoms with van der Waals surface area (Å²) in [7, 11) is 2.18. The molecule has 0 fully saturated rings. The number of nitrogens with zero attached hydrogens (tertiary/aromatic N) is 2. The summed E-state index contributed by atoms with van der Waals surface area (Å²) in [6, 6.07) is 4.83. The summed E-state index contributed by atoms with van der Waals surface area (Å²) in [5.41, 5.74) is 13.0. The second-order valence-electron chi connectivity index (χ2n) is 7.21. The van der Waals surface area contributed by atoms with Crippen LogP contribution in [0.3, 0.4) is 0 Å². The highest BCUT2D eigenvalue weighted by Crippen LogP contribution is 2.33. The lowest BCUT2D eigenvalue weighted by molar-refractivity contribution is 0.113. The Balaban J connectivity index is 1.89. The van der Waals surface area contributed by atoms with Crippen LogP contribution in [0.5, 0.6) is 0 Å². The quantitative estimate of drug-likeness (QED) is 0.794. The second kappa shape index (κ2) is 7.26. The van der Waals surface area contributed by atoms with Crippen molar-refractivity contribution in [3.05, 3.63) is 34.5 Å². The van der Waals surface area contributed by atoms with Crippen molar-refractivity contribution < 1.29 is 4.74 Å². The Hall–Kier alpha value is -1.36. The fourth-order valence-electron chi connectivity index (χ4n) is 3.79. The monoisotopic (exact) mass is 329 g/mol. The van der Waals surface area contributed by atoms with Crippen LogP contribution in [0.2, 0.25) is 0 Å². The van der Waals surface area contributed by atoms with Gasteiger partial charge in [0.1, 0.15) is 0 Å². The van der Waals surface area contributed by atoms with Crippen molar-refractivity contribution in [3.8, 4) is 0 Å². The third-order valence-corrected chi connectivity index (χ3v) is 5.44. The van der Waals surface area contributed by atoms with Gasteiger partial charge in [-0.15, -0.1) is 0 Å². The third kappa shape index (κ3) is 3.23. The maximum Gasteiger partial charge on any atom is 0.0593 e. The van der Waals surface area contributed by atoms with E-state index in [1.54, 1.807) is 0 Å². The molecule has 0 radical (unpaired) electrons. The molecule has 0 spiro atoms. The summed E-state index contributed by atoms with van der Waals surface area (Å²) in [5.74, 6) is 0.519. The van der Waals surface area contributed by atoms with Crippen LogP contribution >= 0.6 is 0 Å². The van der Waals surface area contributed by atoms with Gasteiger partial charge in [0.2, 0.25) is 0 Å². The van der Waals surface area contributed by atoms with E-state index in [0.717, 1.165) is 45.8 Å². The molecule has 0 aliphatic carbocycles. The van der Waals surface area contributed by atoms with Gasteiger partial charge in [0.15, 0.2) is 0 Å². The van der Waals surface area contributed by atoms with Gasteiger partial charge >= 0.3 is 0 Å². The van der Waals surface area contributed by atoms with Crippen molar-refractivity contribution in [1.82, 2.24) is 9.47 Å². The van der Waals surface area contributed by atoms with Gasteiger partial charge < -0.3 is 15.0 Å². The third-order valence-electron chi connectivity index (χ3n) is 5.44. The van der Waals surface area contributed by atoms with Crippen LogP contribution < -0.4 is 5.73 Å². The minimum Gasteiger partial charge on any atom is -0.380 e. The van der Waals surface area contributed by atoms with Crippen LogP contribution in [0.4, 0.5) is 0 Å². The summed E-state index contributed by atoms with van der Waals surface area (Å²) < 4.78 is 7.85. The van der Waals surface area contributed by atoms with E-state index in [4.69, 9.17) is 10.5 Å². The predicted octanol–water partition coefficient (Wildman–Crippen LogP) is 2.98. The number of hydrogen-bond donors (Lipinski definition) is 1. The first-order chi connectivity index (χ1) is 11.5. The molecule has 132 valence electrons. The topological polar surface area (TPSA) is 43.4 Å². The molecule has 4 heteroatoms. The molecule has 0 bridgehead atoms. The first kappa shape index (κ1) is 17.5. The largest absolute Gasteiger partial charge is 0.380 e. The number of nitrogens with two attached hydrogens (primary N) is 1. The molecule has 1 aromatic carbocycles. The molecule has 1 aliphatic heterocycles. The smallest absolute Gasteiger partial charge is 0.0593 e. The number of hydrogen-bond acceptors (Lipinski definition) is 3. The van der Waals surface area contributed by atoms with Crippen LogP contribution in [0, 0.1) is 12.8 Å². The molecule has 2 N–H and O–H groups in total. The fourth-order valence-corrected chi connectivity index (χ4v) is 3.79. The number of benzene rings is 1. The van der Waals surface area contributed by atoms with Crippen LogP contribution in [-0.2, 0) is 31.3 Å². The first-order valence-electron chi connectivity index (χ1n) is 9.15. The highest BCUT2D eigenvalue weighted by molar-refractivity contribution is 5.87. The molecule has 1 aromatic heterocycles. The van der Waals surface area contributed by atoms with Gasteiger partial charge in [-0.1, -0.05) is 6.92 Å². The lowest BCUT2D eigenvalue weighted by Crippen LogP contribution is -2.21.